The third-order valence-corrected chi connectivity index (χ3v) is 4.58. The Bertz CT molecular complexity index is 657. The Hall–Kier alpha value is -2.05. The van der Waals surface area contributed by atoms with Crippen molar-refractivity contribution < 1.29 is 23.1 Å². The number of nitrogens with zero attached hydrogens (tertiary/aromatic N) is 1. The van der Waals surface area contributed by atoms with Crippen LogP contribution in [0.25, 0.3) is 0 Å². The van der Waals surface area contributed by atoms with E-state index >= 15 is 0 Å². The molecule has 124 valence electrons. The monoisotopic (exact) mass is 324 g/mol. The molecule has 0 atom stereocenters. The lowest BCUT2D eigenvalue weighted by atomic mass is 9.85. The number of nitrogens with one attached hydrogen (secondary N) is 1. The van der Waals surface area contributed by atoms with E-state index in [2.05, 4.69) is 15.0 Å². The Morgan fingerprint density at radius 1 is 1.43 bits per heavy atom. The van der Waals surface area contributed by atoms with Crippen LogP contribution in [0, 0.1) is 5.92 Å². The van der Waals surface area contributed by atoms with Crippen LogP contribution >= 0.6 is 0 Å². The number of hydrogen-bond acceptors (Lipinski definition) is 4. The van der Waals surface area contributed by atoms with Crippen LogP contribution in [0.2, 0.25) is 0 Å². The van der Waals surface area contributed by atoms with Gasteiger partial charge in [0.25, 0.3) is 5.92 Å². The molecule has 1 heterocycles. The maximum Gasteiger partial charge on any atom is 0.356 e. The molecule has 1 aromatic heterocycles. The molecule has 0 unspecified atom stereocenters. The number of esters is 1. The summed E-state index contributed by atoms with van der Waals surface area (Å²) in [5, 5.41) is 2.78. The summed E-state index contributed by atoms with van der Waals surface area (Å²) in [6.45, 7) is 0.125. The smallest absolute Gasteiger partial charge is 0.356 e. The maximum atomic E-state index is 14.0. The van der Waals surface area contributed by atoms with Crippen LogP contribution in [0.4, 0.5) is 8.78 Å². The fourth-order valence-electron chi connectivity index (χ4n) is 2.97. The predicted molar refractivity (Wildman–Crippen MR) is 77.0 cm³/mol. The standard InChI is InChI=1S/C16H18F2N2O3/c1-23-15(22)12-7-10(8-19-14(21)9-3-2-4-9)11-5-6-16(17,18)13(11)20-12/h7,9H,2-6,8H2,1H3,(H,19,21). The van der Waals surface area contributed by atoms with Crippen molar-refractivity contribution >= 4 is 11.9 Å². The van der Waals surface area contributed by atoms with Gasteiger partial charge in [-0.25, -0.2) is 9.78 Å². The number of carbonyl (C=O) groups excluding carboxylic acids is 2. The molecule has 0 saturated heterocycles. The van der Waals surface area contributed by atoms with Crippen LogP contribution < -0.4 is 5.32 Å². The molecule has 0 aromatic carbocycles. The highest BCUT2D eigenvalue weighted by molar-refractivity contribution is 5.87. The molecule has 3 rings (SSSR count). The Balaban J connectivity index is 1.87. The van der Waals surface area contributed by atoms with Crippen molar-refractivity contribution in [3.63, 3.8) is 0 Å². The van der Waals surface area contributed by atoms with Gasteiger partial charge >= 0.3 is 5.97 Å². The normalized spacial score (nSPS) is 18.9. The highest BCUT2D eigenvalue weighted by Gasteiger charge is 2.42. The highest BCUT2D eigenvalue weighted by atomic mass is 19.3. The molecule has 2 aliphatic rings. The van der Waals surface area contributed by atoms with Gasteiger partial charge < -0.3 is 10.1 Å². The van der Waals surface area contributed by atoms with E-state index in [0.29, 0.717) is 11.1 Å². The topological polar surface area (TPSA) is 68.3 Å². The van der Waals surface area contributed by atoms with Crippen LogP contribution in [0.15, 0.2) is 6.07 Å². The van der Waals surface area contributed by atoms with Crippen LogP contribution in [-0.2, 0) is 28.4 Å². The van der Waals surface area contributed by atoms with Crippen molar-refractivity contribution in [2.75, 3.05) is 7.11 Å². The summed E-state index contributed by atoms with van der Waals surface area (Å²) in [4.78, 5) is 27.4. The number of methoxy groups -OCH3 is 1. The van der Waals surface area contributed by atoms with E-state index in [1.165, 1.54) is 13.2 Å². The van der Waals surface area contributed by atoms with Crippen LogP contribution in [0.1, 0.15) is 53.0 Å². The van der Waals surface area contributed by atoms with Gasteiger partial charge in [0.05, 0.1) is 7.11 Å². The molecule has 1 fully saturated rings. The third-order valence-electron chi connectivity index (χ3n) is 4.58. The number of hydrogen-bond donors (Lipinski definition) is 1. The van der Waals surface area contributed by atoms with E-state index in [1.54, 1.807) is 0 Å². The van der Waals surface area contributed by atoms with E-state index < -0.39 is 11.9 Å². The summed E-state index contributed by atoms with van der Waals surface area (Å²) in [6.07, 6.45) is 2.63. The number of amides is 1. The maximum absolute atomic E-state index is 14.0. The number of pyridine rings is 1. The van der Waals surface area contributed by atoms with Crippen LogP contribution in [0.3, 0.4) is 0 Å². The number of halogens is 2. The van der Waals surface area contributed by atoms with E-state index in [0.717, 1.165) is 19.3 Å². The molecule has 0 spiro atoms. The molecule has 1 amide bonds. The zero-order valence-electron chi connectivity index (χ0n) is 12.8. The quantitative estimate of drug-likeness (QED) is 0.863. The van der Waals surface area contributed by atoms with Gasteiger partial charge in [-0.15, -0.1) is 0 Å². The number of alkyl halides is 2. The summed E-state index contributed by atoms with van der Waals surface area (Å²) >= 11 is 0. The van der Waals surface area contributed by atoms with Gasteiger partial charge in [0, 0.05) is 18.9 Å². The first-order valence-electron chi connectivity index (χ1n) is 7.69. The van der Waals surface area contributed by atoms with Crippen molar-refractivity contribution in [3.05, 3.63) is 28.6 Å². The molecule has 2 aliphatic carbocycles. The number of rotatable bonds is 4. The molecule has 23 heavy (non-hydrogen) atoms. The second kappa shape index (κ2) is 5.86. The highest BCUT2D eigenvalue weighted by Crippen LogP contribution is 2.42. The Morgan fingerprint density at radius 2 is 2.17 bits per heavy atom. The van der Waals surface area contributed by atoms with Gasteiger partial charge in [0.15, 0.2) is 0 Å². The first-order chi connectivity index (χ1) is 10.9. The summed E-state index contributed by atoms with van der Waals surface area (Å²) in [5.74, 6) is -3.86. The molecular formula is C16H18F2N2O3. The van der Waals surface area contributed by atoms with Gasteiger partial charge in [-0.2, -0.15) is 8.78 Å². The molecule has 0 bridgehead atoms. The zero-order valence-corrected chi connectivity index (χ0v) is 12.8. The van der Waals surface area contributed by atoms with E-state index in [-0.39, 0.29) is 42.6 Å². The van der Waals surface area contributed by atoms with Crippen molar-refractivity contribution in [1.29, 1.82) is 0 Å². The lowest BCUT2D eigenvalue weighted by Crippen LogP contribution is -2.34. The van der Waals surface area contributed by atoms with Crippen LogP contribution in [0.5, 0.6) is 0 Å². The Morgan fingerprint density at radius 3 is 2.78 bits per heavy atom. The average Bonchev–Trinajstić information content (AvgIpc) is 2.78. The number of aromatic nitrogens is 1. The fraction of sp³-hybridized carbons (Fsp3) is 0.562. The van der Waals surface area contributed by atoms with Crippen molar-refractivity contribution in [3.8, 4) is 0 Å². The predicted octanol–water partition coefficient (Wildman–Crippen LogP) is 2.32. The summed E-state index contributed by atoms with van der Waals surface area (Å²) < 4.78 is 32.5. The van der Waals surface area contributed by atoms with Crippen LogP contribution in [-0.4, -0.2) is 24.0 Å². The van der Waals surface area contributed by atoms with Crippen molar-refractivity contribution in [1.82, 2.24) is 10.3 Å². The molecule has 1 N–H and O–H groups in total. The van der Waals surface area contributed by atoms with Gasteiger partial charge in [0.2, 0.25) is 5.91 Å². The Kier molecular flexibility index (Phi) is 4.04. The molecule has 1 aromatic rings. The van der Waals surface area contributed by atoms with Gasteiger partial charge in [0.1, 0.15) is 11.4 Å². The molecular weight excluding hydrogens is 306 g/mol. The fourth-order valence-corrected chi connectivity index (χ4v) is 2.97. The molecule has 0 aliphatic heterocycles. The van der Waals surface area contributed by atoms with Gasteiger partial charge in [-0.3, -0.25) is 4.79 Å². The first kappa shape index (κ1) is 15.8. The number of carbonyl (C=O) groups is 2. The average molecular weight is 324 g/mol. The molecule has 0 radical (unpaired) electrons. The second-order valence-electron chi connectivity index (χ2n) is 6.04. The minimum absolute atomic E-state index is 0.0198. The van der Waals surface area contributed by atoms with E-state index in [9.17, 15) is 18.4 Å². The number of ether oxygens (including phenoxy) is 1. The molecule has 5 nitrogen and oxygen atoms in total. The molecule has 7 heteroatoms. The lowest BCUT2D eigenvalue weighted by molar-refractivity contribution is -0.127. The van der Waals surface area contributed by atoms with E-state index in [1.807, 2.05) is 0 Å². The van der Waals surface area contributed by atoms with E-state index in [4.69, 9.17) is 0 Å². The third kappa shape index (κ3) is 2.92. The largest absolute Gasteiger partial charge is 0.464 e. The minimum atomic E-state index is -3.05. The second-order valence-corrected chi connectivity index (χ2v) is 6.04. The van der Waals surface area contributed by atoms with Gasteiger partial charge in [-0.05, 0) is 36.5 Å². The summed E-state index contributed by atoms with van der Waals surface area (Å²) in [6, 6.07) is 1.44. The SMILES string of the molecule is COC(=O)c1cc(CNC(=O)C2CCC2)c2c(n1)C(F)(F)CC2. The van der Waals surface area contributed by atoms with Gasteiger partial charge in [-0.1, -0.05) is 6.42 Å². The molecule has 1 saturated carbocycles. The lowest BCUT2D eigenvalue weighted by Gasteiger charge is -2.24. The Labute approximate surface area is 132 Å². The first-order valence-corrected chi connectivity index (χ1v) is 7.69. The van der Waals surface area contributed by atoms with Crippen molar-refractivity contribution in [2.45, 2.75) is 44.6 Å². The summed E-state index contributed by atoms with van der Waals surface area (Å²) in [7, 11) is 1.17. The minimum Gasteiger partial charge on any atom is -0.464 e. The number of fused-ring (bicyclic) bond motifs is 1. The zero-order chi connectivity index (χ0) is 16.6. The van der Waals surface area contributed by atoms with Crippen molar-refractivity contribution in [2.24, 2.45) is 5.92 Å². The summed E-state index contributed by atoms with van der Waals surface area (Å²) in [5.41, 5.74) is 0.422.